The second-order valence-corrected chi connectivity index (χ2v) is 4.51. The third-order valence-corrected chi connectivity index (χ3v) is 3.06. The molecule has 0 saturated carbocycles. The number of hydrogen-bond donors (Lipinski definition) is 1. The van der Waals surface area contributed by atoms with E-state index in [4.69, 9.17) is 9.47 Å². The molecule has 2 aromatic rings. The smallest absolute Gasteiger partial charge is 0.255 e. The molecule has 2 aromatic carbocycles. The van der Waals surface area contributed by atoms with Gasteiger partial charge in [-0.15, -0.1) is 0 Å². The maximum absolute atomic E-state index is 13.2. The molecule has 0 heterocycles. The van der Waals surface area contributed by atoms with Crippen LogP contribution in [-0.2, 0) is 0 Å². The zero-order valence-electron chi connectivity index (χ0n) is 12.1. The summed E-state index contributed by atoms with van der Waals surface area (Å²) in [7, 11) is 3.01. The van der Waals surface area contributed by atoms with Gasteiger partial charge in [-0.3, -0.25) is 4.79 Å². The molecule has 0 aliphatic carbocycles. The molecule has 5 heteroatoms. The van der Waals surface area contributed by atoms with Crippen molar-refractivity contribution in [3.63, 3.8) is 0 Å². The first-order valence-electron chi connectivity index (χ1n) is 6.34. The largest absolute Gasteiger partial charge is 0.497 e. The van der Waals surface area contributed by atoms with Crippen molar-refractivity contribution in [3.8, 4) is 11.5 Å². The van der Waals surface area contributed by atoms with Gasteiger partial charge in [0.2, 0.25) is 0 Å². The molecular weight excluding hydrogens is 273 g/mol. The van der Waals surface area contributed by atoms with E-state index in [-0.39, 0.29) is 5.91 Å². The van der Waals surface area contributed by atoms with Crippen LogP contribution in [0.4, 0.5) is 10.1 Å². The second kappa shape index (κ2) is 6.26. The van der Waals surface area contributed by atoms with Crippen LogP contribution >= 0.6 is 0 Å². The number of methoxy groups -OCH3 is 2. The predicted molar refractivity (Wildman–Crippen MR) is 78.6 cm³/mol. The van der Waals surface area contributed by atoms with Gasteiger partial charge in [0.1, 0.15) is 17.3 Å². The summed E-state index contributed by atoms with van der Waals surface area (Å²) in [6.45, 7) is 1.79. The first-order valence-corrected chi connectivity index (χ1v) is 6.34. The lowest BCUT2D eigenvalue weighted by molar-refractivity contribution is 0.102. The molecule has 0 spiro atoms. The summed E-state index contributed by atoms with van der Waals surface area (Å²) in [5, 5.41) is 2.68. The van der Waals surface area contributed by atoms with Crippen molar-refractivity contribution >= 4 is 11.6 Å². The van der Waals surface area contributed by atoms with Gasteiger partial charge in [-0.1, -0.05) is 6.07 Å². The molecule has 0 radical (unpaired) electrons. The third kappa shape index (κ3) is 3.51. The van der Waals surface area contributed by atoms with E-state index in [9.17, 15) is 9.18 Å². The molecule has 0 atom stereocenters. The zero-order chi connectivity index (χ0) is 15.4. The number of halogens is 1. The predicted octanol–water partition coefficient (Wildman–Crippen LogP) is 3.40. The van der Waals surface area contributed by atoms with Crippen molar-refractivity contribution in [2.75, 3.05) is 19.5 Å². The Morgan fingerprint density at radius 3 is 2.24 bits per heavy atom. The van der Waals surface area contributed by atoms with Crippen LogP contribution in [0, 0.1) is 12.7 Å². The Morgan fingerprint density at radius 1 is 1.05 bits per heavy atom. The van der Waals surface area contributed by atoms with Crippen molar-refractivity contribution in [3.05, 3.63) is 53.3 Å². The summed E-state index contributed by atoms with van der Waals surface area (Å²) in [4.78, 5) is 12.3. The number of ether oxygens (including phenoxy) is 2. The van der Waals surface area contributed by atoms with Gasteiger partial charge in [-0.25, -0.2) is 4.39 Å². The lowest BCUT2D eigenvalue weighted by Crippen LogP contribution is -2.13. The van der Waals surface area contributed by atoms with E-state index >= 15 is 0 Å². The highest BCUT2D eigenvalue weighted by molar-refractivity contribution is 6.05. The molecule has 0 aromatic heterocycles. The number of carbonyl (C=O) groups excluding carboxylic acids is 1. The number of benzene rings is 2. The van der Waals surface area contributed by atoms with E-state index in [1.807, 2.05) is 0 Å². The number of nitrogens with one attached hydrogen (secondary N) is 1. The molecule has 0 saturated heterocycles. The van der Waals surface area contributed by atoms with Crippen LogP contribution in [0.15, 0.2) is 36.4 Å². The molecule has 0 unspecified atom stereocenters. The van der Waals surface area contributed by atoms with Crippen LogP contribution < -0.4 is 14.8 Å². The van der Waals surface area contributed by atoms with Gasteiger partial charge >= 0.3 is 0 Å². The summed E-state index contributed by atoms with van der Waals surface area (Å²) in [5.41, 5.74) is 1.58. The van der Waals surface area contributed by atoms with E-state index in [1.165, 1.54) is 26.4 Å². The minimum absolute atomic E-state index is 0.360. The van der Waals surface area contributed by atoms with Crippen molar-refractivity contribution in [2.45, 2.75) is 6.92 Å². The minimum atomic E-state index is -0.404. The number of anilines is 1. The Bertz CT molecular complexity index is 648. The standard InChI is InChI=1S/C16H16FNO3/c1-10-4-5-12(17)8-15(10)18-16(19)11-6-13(20-2)9-14(7-11)21-3/h4-9H,1-3H3,(H,18,19). The fraction of sp³-hybridized carbons (Fsp3) is 0.188. The monoisotopic (exact) mass is 289 g/mol. The summed E-state index contributed by atoms with van der Waals surface area (Å²) < 4.78 is 23.5. The summed E-state index contributed by atoms with van der Waals surface area (Å²) in [6.07, 6.45) is 0. The lowest BCUT2D eigenvalue weighted by Gasteiger charge is -2.11. The van der Waals surface area contributed by atoms with Gasteiger partial charge in [0.15, 0.2) is 0 Å². The van der Waals surface area contributed by atoms with E-state index in [0.29, 0.717) is 22.7 Å². The van der Waals surface area contributed by atoms with E-state index in [2.05, 4.69) is 5.32 Å². The molecule has 1 N–H and O–H groups in total. The van der Waals surface area contributed by atoms with Gasteiger partial charge in [0, 0.05) is 17.3 Å². The molecule has 0 fully saturated rings. The van der Waals surface area contributed by atoms with Gasteiger partial charge in [0.05, 0.1) is 14.2 Å². The number of carbonyl (C=O) groups is 1. The molecule has 0 aliphatic heterocycles. The molecule has 0 aliphatic rings. The maximum Gasteiger partial charge on any atom is 0.255 e. The van der Waals surface area contributed by atoms with Gasteiger partial charge < -0.3 is 14.8 Å². The second-order valence-electron chi connectivity index (χ2n) is 4.51. The molecular formula is C16H16FNO3. The highest BCUT2D eigenvalue weighted by Gasteiger charge is 2.11. The number of amides is 1. The summed E-state index contributed by atoms with van der Waals surface area (Å²) >= 11 is 0. The fourth-order valence-electron chi connectivity index (χ4n) is 1.86. The van der Waals surface area contributed by atoms with Crippen LogP contribution in [0.3, 0.4) is 0 Å². The maximum atomic E-state index is 13.2. The minimum Gasteiger partial charge on any atom is -0.497 e. The number of hydrogen-bond acceptors (Lipinski definition) is 3. The van der Waals surface area contributed by atoms with Crippen LogP contribution in [0.5, 0.6) is 11.5 Å². The Balaban J connectivity index is 2.29. The van der Waals surface area contributed by atoms with E-state index in [0.717, 1.165) is 5.56 Å². The van der Waals surface area contributed by atoms with E-state index in [1.54, 1.807) is 31.2 Å². The first kappa shape index (κ1) is 14.8. The average molecular weight is 289 g/mol. The van der Waals surface area contributed by atoms with Crippen molar-refractivity contribution in [1.29, 1.82) is 0 Å². The Labute approximate surface area is 122 Å². The quantitative estimate of drug-likeness (QED) is 0.938. The van der Waals surface area contributed by atoms with Crippen LogP contribution in [0.25, 0.3) is 0 Å². The highest BCUT2D eigenvalue weighted by Crippen LogP contribution is 2.24. The van der Waals surface area contributed by atoms with Crippen LogP contribution in [-0.4, -0.2) is 20.1 Å². The molecule has 0 bridgehead atoms. The molecule has 4 nitrogen and oxygen atoms in total. The first-order chi connectivity index (χ1) is 10.0. The van der Waals surface area contributed by atoms with Gasteiger partial charge in [-0.2, -0.15) is 0 Å². The van der Waals surface area contributed by atoms with E-state index < -0.39 is 5.82 Å². The lowest BCUT2D eigenvalue weighted by atomic mass is 10.1. The van der Waals surface area contributed by atoms with Gasteiger partial charge in [0.25, 0.3) is 5.91 Å². The zero-order valence-corrected chi connectivity index (χ0v) is 12.1. The highest BCUT2D eigenvalue weighted by atomic mass is 19.1. The van der Waals surface area contributed by atoms with Crippen molar-refractivity contribution in [2.24, 2.45) is 0 Å². The normalized spacial score (nSPS) is 10.1. The average Bonchev–Trinajstić information content (AvgIpc) is 2.50. The fourth-order valence-corrected chi connectivity index (χ4v) is 1.86. The molecule has 1 amide bonds. The Kier molecular flexibility index (Phi) is 4.42. The van der Waals surface area contributed by atoms with Crippen molar-refractivity contribution < 1.29 is 18.7 Å². The van der Waals surface area contributed by atoms with Crippen LogP contribution in [0.1, 0.15) is 15.9 Å². The third-order valence-electron chi connectivity index (χ3n) is 3.06. The Hall–Kier alpha value is -2.56. The SMILES string of the molecule is COc1cc(OC)cc(C(=O)Nc2cc(F)ccc2C)c1. The van der Waals surface area contributed by atoms with Gasteiger partial charge in [-0.05, 0) is 36.8 Å². The van der Waals surface area contributed by atoms with Crippen LogP contribution in [0.2, 0.25) is 0 Å². The summed E-state index contributed by atoms with van der Waals surface area (Å²) in [5.74, 6) is 0.256. The van der Waals surface area contributed by atoms with Crippen molar-refractivity contribution in [1.82, 2.24) is 0 Å². The topological polar surface area (TPSA) is 47.6 Å². The molecule has 2 rings (SSSR count). The number of rotatable bonds is 4. The molecule has 21 heavy (non-hydrogen) atoms. The number of aryl methyl sites for hydroxylation is 1. The summed E-state index contributed by atoms with van der Waals surface area (Å²) in [6, 6.07) is 9.09. The molecule has 110 valence electrons. The Morgan fingerprint density at radius 2 is 1.67 bits per heavy atom.